The van der Waals surface area contributed by atoms with E-state index in [1.807, 2.05) is 26.8 Å². The zero-order valence-electron chi connectivity index (χ0n) is 26.4. The van der Waals surface area contributed by atoms with Crippen molar-refractivity contribution >= 4 is 23.6 Å². The number of hydrogen-bond donors (Lipinski definition) is 4. The van der Waals surface area contributed by atoms with Crippen molar-refractivity contribution < 1.29 is 28.7 Å². The maximum atomic E-state index is 14.1. The van der Waals surface area contributed by atoms with Crippen molar-refractivity contribution in [1.29, 1.82) is 0 Å². The molecule has 3 atom stereocenters. The Kier molecular flexibility index (Phi) is 11.9. The van der Waals surface area contributed by atoms with Crippen molar-refractivity contribution in [3.05, 3.63) is 65.0 Å². The number of halogens is 1. The fraction of sp³-hybridized carbons (Fsp3) is 0.515. The summed E-state index contributed by atoms with van der Waals surface area (Å²) in [6, 6.07) is 8.03. The van der Waals surface area contributed by atoms with Crippen LogP contribution in [0.4, 0.5) is 4.39 Å². The van der Waals surface area contributed by atoms with Crippen LogP contribution in [0.3, 0.4) is 0 Å². The number of phenolic OH excluding ortho intramolecular Hbond substituents is 1. The van der Waals surface area contributed by atoms with Gasteiger partial charge in [-0.3, -0.25) is 19.2 Å². The lowest BCUT2D eigenvalue weighted by Crippen LogP contribution is -2.57. The van der Waals surface area contributed by atoms with Crippen LogP contribution in [0.1, 0.15) is 63.1 Å². The molecule has 0 aliphatic carbocycles. The predicted octanol–water partition coefficient (Wildman–Crippen LogP) is 2.40. The van der Waals surface area contributed by atoms with E-state index in [9.17, 15) is 28.7 Å². The second kappa shape index (κ2) is 15.1. The Labute approximate surface area is 259 Å². The molecule has 1 aliphatic heterocycles. The highest BCUT2D eigenvalue weighted by molar-refractivity contribution is 5.93. The molecule has 1 heterocycles. The summed E-state index contributed by atoms with van der Waals surface area (Å²) < 4.78 is 13.4. The summed E-state index contributed by atoms with van der Waals surface area (Å²) in [4.78, 5) is 56.1. The van der Waals surface area contributed by atoms with Crippen molar-refractivity contribution in [3.63, 3.8) is 0 Å². The molecular weight excluding hydrogens is 565 g/mol. The second-order valence-corrected chi connectivity index (χ2v) is 12.6. The molecule has 5 N–H and O–H groups in total. The first-order chi connectivity index (χ1) is 20.7. The van der Waals surface area contributed by atoms with Crippen molar-refractivity contribution in [2.24, 2.45) is 5.73 Å². The fourth-order valence-electron chi connectivity index (χ4n) is 5.38. The van der Waals surface area contributed by atoms with E-state index in [4.69, 9.17) is 5.73 Å². The average Bonchev–Trinajstić information content (AvgIpc) is 2.97. The number of phenols is 1. The third kappa shape index (κ3) is 9.25. The van der Waals surface area contributed by atoms with Crippen LogP contribution in [0.15, 0.2) is 42.5 Å². The molecule has 2 aromatic carbocycles. The zero-order valence-corrected chi connectivity index (χ0v) is 26.4. The summed E-state index contributed by atoms with van der Waals surface area (Å²) in [7, 11) is 3.07. The van der Waals surface area contributed by atoms with Gasteiger partial charge in [-0.1, -0.05) is 45.0 Å². The maximum Gasteiger partial charge on any atom is 0.245 e. The molecule has 3 rings (SSSR count). The molecule has 0 saturated carbocycles. The number of hydrogen-bond acceptors (Lipinski definition) is 6. The van der Waals surface area contributed by atoms with Gasteiger partial charge < -0.3 is 31.3 Å². The number of amides is 4. The monoisotopic (exact) mass is 611 g/mol. The van der Waals surface area contributed by atoms with Gasteiger partial charge in [-0.05, 0) is 66.0 Å². The number of nitrogens with two attached hydrogens (primary N) is 1. The van der Waals surface area contributed by atoms with Gasteiger partial charge in [-0.2, -0.15) is 0 Å². The van der Waals surface area contributed by atoms with E-state index in [1.165, 1.54) is 29.0 Å². The van der Waals surface area contributed by atoms with Crippen LogP contribution in [0.25, 0.3) is 0 Å². The van der Waals surface area contributed by atoms with Gasteiger partial charge in [0.2, 0.25) is 23.6 Å². The molecular formula is C33H46FN5O5. The van der Waals surface area contributed by atoms with Gasteiger partial charge >= 0.3 is 0 Å². The van der Waals surface area contributed by atoms with Crippen LogP contribution in [-0.4, -0.2) is 83.8 Å². The second-order valence-electron chi connectivity index (χ2n) is 12.6. The molecule has 11 heteroatoms. The minimum absolute atomic E-state index is 0.103. The molecule has 0 spiro atoms. The van der Waals surface area contributed by atoms with Crippen LogP contribution in [0.5, 0.6) is 5.75 Å². The van der Waals surface area contributed by atoms with Crippen LogP contribution in [-0.2, 0) is 37.4 Å². The maximum absolute atomic E-state index is 14.1. The van der Waals surface area contributed by atoms with Crippen molar-refractivity contribution in [1.82, 2.24) is 20.4 Å². The number of carbonyl (C=O) groups excluding carboxylic acids is 4. The summed E-state index contributed by atoms with van der Waals surface area (Å²) in [6.07, 6.45) is 1.86. The number of rotatable bonds is 6. The Bertz CT molecular complexity index is 1330. The number of nitrogens with one attached hydrogen (secondary N) is 2. The van der Waals surface area contributed by atoms with E-state index in [2.05, 4.69) is 10.6 Å². The quantitative estimate of drug-likeness (QED) is 0.395. The topological polar surface area (TPSA) is 145 Å². The van der Waals surface area contributed by atoms with E-state index in [-0.39, 0.29) is 42.9 Å². The molecule has 10 nitrogen and oxygen atoms in total. The van der Waals surface area contributed by atoms with Gasteiger partial charge in [0, 0.05) is 40.0 Å². The first kappa shape index (κ1) is 34.5. The number of likely N-dealkylation sites (N-methyl/N-ethyl adjacent to an activating group) is 2. The molecule has 240 valence electrons. The molecule has 2 aromatic rings. The van der Waals surface area contributed by atoms with Crippen molar-refractivity contribution in [3.8, 4) is 5.75 Å². The van der Waals surface area contributed by atoms with Gasteiger partial charge in [-0.15, -0.1) is 0 Å². The molecule has 44 heavy (non-hydrogen) atoms. The Morgan fingerprint density at radius 3 is 2.39 bits per heavy atom. The largest absolute Gasteiger partial charge is 0.508 e. The Balaban J connectivity index is 1.91. The number of aromatic hydroxyl groups is 1. The summed E-state index contributed by atoms with van der Waals surface area (Å²) in [6.45, 7) is 6.42. The lowest BCUT2D eigenvalue weighted by Gasteiger charge is -2.35. The fourth-order valence-corrected chi connectivity index (χ4v) is 5.38. The molecule has 2 unspecified atom stereocenters. The highest BCUT2D eigenvalue weighted by atomic mass is 19.1. The number of benzene rings is 2. The third-order valence-electron chi connectivity index (χ3n) is 8.08. The third-order valence-corrected chi connectivity index (χ3v) is 8.08. The summed E-state index contributed by atoms with van der Waals surface area (Å²) in [5, 5.41) is 16.1. The van der Waals surface area contributed by atoms with Gasteiger partial charge in [0.05, 0.1) is 6.04 Å². The molecule has 4 amide bonds. The van der Waals surface area contributed by atoms with Gasteiger partial charge in [-0.25, -0.2) is 4.39 Å². The number of carbonyl (C=O) groups is 4. The minimum atomic E-state index is -0.970. The van der Waals surface area contributed by atoms with E-state index in [0.29, 0.717) is 36.9 Å². The Hall–Kier alpha value is -3.99. The van der Waals surface area contributed by atoms with E-state index >= 15 is 0 Å². The molecule has 0 radical (unpaired) electrons. The highest BCUT2D eigenvalue weighted by Gasteiger charge is 2.36. The summed E-state index contributed by atoms with van der Waals surface area (Å²) >= 11 is 0. The smallest absolute Gasteiger partial charge is 0.245 e. The molecule has 1 saturated heterocycles. The van der Waals surface area contributed by atoms with Crippen LogP contribution in [0.2, 0.25) is 0 Å². The lowest BCUT2D eigenvalue weighted by molar-refractivity contribution is -0.148. The number of nitrogens with zero attached hydrogens (tertiary/aromatic N) is 2. The standard InChI is InChI=1S/C33H46FN5O5/c1-33(2,3)24-18-22(11-14-28(24)40)20-27-30(42)37-17-15-29(41)36-16-7-6-8-26(32(44)39(27)5)38(4)31(43)25(35)19-21-9-12-23(34)13-10-21/h9-14,18,25-27,40H,6-8,15-17,19-20,35H2,1-5H3,(H,36,41)(H,37,42)/t25-,26?,27?/m0/s1. The average molecular weight is 612 g/mol. The predicted molar refractivity (Wildman–Crippen MR) is 166 cm³/mol. The first-order valence-corrected chi connectivity index (χ1v) is 15.1. The van der Waals surface area contributed by atoms with Gasteiger partial charge in [0.15, 0.2) is 0 Å². The summed E-state index contributed by atoms with van der Waals surface area (Å²) in [5.41, 5.74) is 8.05. The van der Waals surface area contributed by atoms with Crippen LogP contribution >= 0.6 is 0 Å². The van der Waals surface area contributed by atoms with E-state index < -0.39 is 41.7 Å². The van der Waals surface area contributed by atoms with Crippen molar-refractivity contribution in [2.75, 3.05) is 27.2 Å². The zero-order chi connectivity index (χ0) is 32.6. The summed E-state index contributed by atoms with van der Waals surface area (Å²) in [5.74, 6) is -1.74. The van der Waals surface area contributed by atoms with E-state index in [0.717, 1.165) is 5.56 Å². The molecule has 1 fully saturated rings. The van der Waals surface area contributed by atoms with Crippen LogP contribution < -0.4 is 16.4 Å². The molecule has 0 bridgehead atoms. The normalized spacial score (nSPS) is 19.9. The minimum Gasteiger partial charge on any atom is -0.508 e. The highest BCUT2D eigenvalue weighted by Crippen LogP contribution is 2.32. The van der Waals surface area contributed by atoms with Gasteiger partial charge in [0.1, 0.15) is 23.7 Å². The van der Waals surface area contributed by atoms with E-state index in [1.54, 1.807) is 31.3 Å². The van der Waals surface area contributed by atoms with Crippen molar-refractivity contribution in [2.45, 2.75) is 82.8 Å². The SMILES string of the molecule is CN1C(=O)C(N(C)C(=O)[C@@H](N)Cc2ccc(F)cc2)CCCCNC(=O)CCNC(=O)C1Cc1ccc(O)c(C(C)(C)C)c1. The molecule has 1 aliphatic rings. The first-order valence-electron chi connectivity index (χ1n) is 15.1. The molecule has 0 aromatic heterocycles. The lowest BCUT2D eigenvalue weighted by atomic mass is 9.84. The Morgan fingerprint density at radius 1 is 1.07 bits per heavy atom. The van der Waals surface area contributed by atoms with Gasteiger partial charge in [0.25, 0.3) is 0 Å². The Morgan fingerprint density at radius 2 is 1.73 bits per heavy atom. The van der Waals surface area contributed by atoms with Crippen LogP contribution in [0, 0.1) is 5.82 Å².